The molecule has 128 valence electrons. The summed E-state index contributed by atoms with van der Waals surface area (Å²) in [6.45, 7) is 5.91. The lowest BCUT2D eigenvalue weighted by Gasteiger charge is -2.36. The predicted octanol–water partition coefficient (Wildman–Crippen LogP) is 4.82. The fraction of sp³-hybridized carbons (Fsp3) is 0.429. The van der Waals surface area contributed by atoms with Crippen LogP contribution in [-0.4, -0.2) is 24.6 Å². The monoisotopic (exact) mass is 327 g/mol. The van der Waals surface area contributed by atoms with Crippen LogP contribution in [0.15, 0.2) is 54.6 Å². The number of hydrogen-bond donors (Lipinski definition) is 0. The normalized spacial score (nSPS) is 17.8. The number of likely N-dealkylation sites (tertiary alicyclic amines) is 1. The van der Waals surface area contributed by atoms with Crippen molar-refractivity contribution in [3.05, 3.63) is 71.5 Å². The largest absolute Gasteiger partial charge is 0.376 e. The first kappa shape index (κ1) is 17.1. The number of piperidine rings is 1. The molecule has 3 rings (SSSR count). The van der Waals surface area contributed by atoms with Gasteiger partial charge in [-0.1, -0.05) is 42.5 Å². The van der Waals surface area contributed by atoms with E-state index >= 15 is 0 Å². The van der Waals surface area contributed by atoms with Gasteiger partial charge in [-0.15, -0.1) is 0 Å². The summed E-state index contributed by atoms with van der Waals surface area (Å²) in [7, 11) is 0. The molecule has 24 heavy (non-hydrogen) atoms. The number of halogens is 1. The highest BCUT2D eigenvalue weighted by Gasteiger charge is 2.23. The van der Waals surface area contributed by atoms with Gasteiger partial charge in [-0.3, -0.25) is 4.90 Å². The van der Waals surface area contributed by atoms with E-state index in [1.165, 1.54) is 30.5 Å². The fourth-order valence-corrected chi connectivity index (χ4v) is 3.37. The lowest BCUT2D eigenvalue weighted by atomic mass is 9.95. The topological polar surface area (TPSA) is 12.5 Å². The number of ether oxygens (including phenoxy) is 1. The van der Waals surface area contributed by atoms with Gasteiger partial charge in [-0.25, -0.2) is 4.39 Å². The molecule has 0 bridgehead atoms. The molecule has 0 aliphatic carbocycles. The maximum atomic E-state index is 12.9. The maximum Gasteiger partial charge on any atom is 0.123 e. The zero-order valence-corrected chi connectivity index (χ0v) is 14.3. The first-order valence-electron chi connectivity index (χ1n) is 8.83. The van der Waals surface area contributed by atoms with Gasteiger partial charge in [0, 0.05) is 12.6 Å². The van der Waals surface area contributed by atoms with E-state index in [1.54, 1.807) is 12.1 Å². The van der Waals surface area contributed by atoms with Gasteiger partial charge in [0.25, 0.3) is 0 Å². The van der Waals surface area contributed by atoms with E-state index in [-0.39, 0.29) is 5.82 Å². The Labute approximate surface area is 144 Å². The summed E-state index contributed by atoms with van der Waals surface area (Å²) in [6.07, 6.45) is 2.36. The first-order chi connectivity index (χ1) is 11.7. The van der Waals surface area contributed by atoms with Crippen LogP contribution in [0.4, 0.5) is 4.39 Å². The van der Waals surface area contributed by atoms with Crippen molar-refractivity contribution in [1.82, 2.24) is 4.90 Å². The number of benzene rings is 2. The maximum absolute atomic E-state index is 12.9. The van der Waals surface area contributed by atoms with E-state index in [9.17, 15) is 4.39 Å². The van der Waals surface area contributed by atoms with Gasteiger partial charge in [-0.05, 0) is 62.0 Å². The van der Waals surface area contributed by atoms with Gasteiger partial charge >= 0.3 is 0 Å². The first-order valence-corrected chi connectivity index (χ1v) is 8.83. The molecule has 0 aromatic heterocycles. The Balaban J connectivity index is 1.40. The molecule has 0 saturated carbocycles. The summed E-state index contributed by atoms with van der Waals surface area (Å²) >= 11 is 0. The highest BCUT2D eigenvalue weighted by atomic mass is 19.1. The molecule has 1 saturated heterocycles. The second kappa shape index (κ2) is 8.41. The van der Waals surface area contributed by atoms with Crippen LogP contribution >= 0.6 is 0 Å². The molecule has 3 heteroatoms. The molecule has 1 aliphatic rings. The molecule has 2 aromatic rings. The van der Waals surface area contributed by atoms with Crippen molar-refractivity contribution < 1.29 is 9.13 Å². The second-order valence-corrected chi connectivity index (χ2v) is 6.71. The van der Waals surface area contributed by atoms with E-state index in [0.29, 0.717) is 18.6 Å². The zero-order chi connectivity index (χ0) is 16.8. The molecule has 0 N–H and O–H groups in total. The smallest absolute Gasteiger partial charge is 0.123 e. The minimum Gasteiger partial charge on any atom is -0.376 e. The number of nitrogens with zero attached hydrogens (tertiary/aromatic N) is 1. The van der Waals surface area contributed by atoms with Crippen LogP contribution in [-0.2, 0) is 11.3 Å². The Morgan fingerprint density at radius 1 is 1.04 bits per heavy atom. The van der Waals surface area contributed by atoms with Gasteiger partial charge in [0.15, 0.2) is 0 Å². The summed E-state index contributed by atoms with van der Waals surface area (Å²) in [4.78, 5) is 2.56. The zero-order valence-electron chi connectivity index (χ0n) is 14.3. The van der Waals surface area contributed by atoms with E-state index in [1.807, 2.05) is 0 Å². The van der Waals surface area contributed by atoms with E-state index in [0.717, 1.165) is 25.3 Å². The molecule has 1 unspecified atom stereocenters. The minimum atomic E-state index is -0.196. The third kappa shape index (κ3) is 4.65. The standard InChI is InChI=1S/C21H26FNO/c1-17(20-5-3-2-4-6-20)23-13-11-19(12-14-23)16-24-15-18-7-9-21(22)10-8-18/h2-10,17,19H,11-16H2,1H3. The molecular formula is C21H26FNO. The Kier molecular flexibility index (Phi) is 6.00. The van der Waals surface area contributed by atoms with Crippen molar-refractivity contribution in [3.8, 4) is 0 Å². The van der Waals surface area contributed by atoms with Crippen molar-refractivity contribution in [2.24, 2.45) is 5.92 Å². The quantitative estimate of drug-likeness (QED) is 0.754. The van der Waals surface area contributed by atoms with Crippen LogP contribution in [0.3, 0.4) is 0 Å². The molecule has 1 aliphatic heterocycles. The van der Waals surface area contributed by atoms with Crippen LogP contribution < -0.4 is 0 Å². The molecule has 0 radical (unpaired) electrons. The molecule has 1 fully saturated rings. The molecular weight excluding hydrogens is 301 g/mol. The summed E-state index contributed by atoms with van der Waals surface area (Å²) < 4.78 is 18.7. The van der Waals surface area contributed by atoms with Crippen LogP contribution in [0.2, 0.25) is 0 Å². The average molecular weight is 327 g/mol. The molecule has 1 atom stereocenters. The molecule has 0 spiro atoms. The van der Waals surface area contributed by atoms with E-state index in [4.69, 9.17) is 4.74 Å². The minimum absolute atomic E-state index is 0.196. The van der Waals surface area contributed by atoms with Gasteiger partial charge in [0.1, 0.15) is 5.82 Å². The number of rotatable bonds is 6. The Hall–Kier alpha value is -1.71. The third-order valence-corrected chi connectivity index (χ3v) is 5.01. The molecule has 2 nitrogen and oxygen atoms in total. The van der Waals surface area contributed by atoms with Crippen LogP contribution in [0, 0.1) is 11.7 Å². The van der Waals surface area contributed by atoms with Crippen LogP contribution in [0.1, 0.15) is 36.9 Å². The summed E-state index contributed by atoms with van der Waals surface area (Å²) in [5, 5.41) is 0. The van der Waals surface area contributed by atoms with Crippen LogP contribution in [0.5, 0.6) is 0 Å². The molecule has 1 heterocycles. The van der Waals surface area contributed by atoms with Gasteiger partial charge < -0.3 is 4.74 Å². The SMILES string of the molecule is CC(c1ccccc1)N1CCC(COCc2ccc(F)cc2)CC1. The lowest BCUT2D eigenvalue weighted by Crippen LogP contribution is -2.36. The average Bonchev–Trinajstić information content (AvgIpc) is 2.64. The Bertz CT molecular complexity index is 605. The predicted molar refractivity (Wildman–Crippen MR) is 95.2 cm³/mol. The van der Waals surface area contributed by atoms with E-state index < -0.39 is 0 Å². The second-order valence-electron chi connectivity index (χ2n) is 6.71. The van der Waals surface area contributed by atoms with Crippen molar-refractivity contribution in [1.29, 1.82) is 0 Å². The Morgan fingerprint density at radius 2 is 1.71 bits per heavy atom. The summed E-state index contributed by atoms with van der Waals surface area (Å²) in [6, 6.07) is 17.8. The summed E-state index contributed by atoms with van der Waals surface area (Å²) in [5.74, 6) is 0.434. The molecule has 2 aromatic carbocycles. The van der Waals surface area contributed by atoms with Crippen molar-refractivity contribution in [3.63, 3.8) is 0 Å². The van der Waals surface area contributed by atoms with Crippen molar-refractivity contribution >= 4 is 0 Å². The highest BCUT2D eigenvalue weighted by molar-refractivity contribution is 5.18. The highest BCUT2D eigenvalue weighted by Crippen LogP contribution is 2.26. The van der Waals surface area contributed by atoms with Crippen molar-refractivity contribution in [2.45, 2.75) is 32.4 Å². The number of hydrogen-bond acceptors (Lipinski definition) is 2. The lowest BCUT2D eigenvalue weighted by molar-refractivity contribution is 0.0493. The van der Waals surface area contributed by atoms with Crippen molar-refractivity contribution in [2.75, 3.05) is 19.7 Å². The Morgan fingerprint density at radius 3 is 2.38 bits per heavy atom. The van der Waals surface area contributed by atoms with Gasteiger partial charge in [-0.2, -0.15) is 0 Å². The van der Waals surface area contributed by atoms with E-state index in [2.05, 4.69) is 42.2 Å². The molecule has 0 amide bonds. The van der Waals surface area contributed by atoms with Crippen LogP contribution in [0.25, 0.3) is 0 Å². The van der Waals surface area contributed by atoms with Gasteiger partial charge in [0.2, 0.25) is 0 Å². The summed E-state index contributed by atoms with van der Waals surface area (Å²) in [5.41, 5.74) is 2.43. The van der Waals surface area contributed by atoms with Gasteiger partial charge in [0.05, 0.1) is 6.61 Å². The third-order valence-electron chi connectivity index (χ3n) is 5.01. The fourth-order valence-electron chi connectivity index (χ4n) is 3.37.